The van der Waals surface area contributed by atoms with Crippen LogP contribution in [0.4, 0.5) is 22.0 Å². The summed E-state index contributed by atoms with van der Waals surface area (Å²) in [5.41, 5.74) is -0.542. The average Bonchev–Trinajstić information content (AvgIpc) is 3.24. The Morgan fingerprint density at radius 2 is 1.62 bits per heavy atom. The fraction of sp³-hybridized carbons (Fsp3) is 0.130. The highest BCUT2D eigenvalue weighted by Crippen LogP contribution is 2.47. The molecule has 34 heavy (non-hydrogen) atoms. The van der Waals surface area contributed by atoms with Crippen LogP contribution in [0.3, 0.4) is 0 Å². The van der Waals surface area contributed by atoms with E-state index < -0.39 is 45.9 Å². The highest BCUT2D eigenvalue weighted by atomic mass is 32.2. The van der Waals surface area contributed by atoms with Crippen LogP contribution in [0.1, 0.15) is 26.9 Å². The molecule has 0 fully saturated rings. The second kappa shape index (κ2) is 9.34. The lowest BCUT2D eigenvalue weighted by Crippen LogP contribution is -2.28. The summed E-state index contributed by atoms with van der Waals surface area (Å²) in [6.45, 7) is 0. The van der Waals surface area contributed by atoms with Gasteiger partial charge in [-0.15, -0.1) is 0 Å². The summed E-state index contributed by atoms with van der Waals surface area (Å²) in [7, 11) is 2.77. The summed E-state index contributed by atoms with van der Waals surface area (Å²) >= 11 is 0.938. The van der Waals surface area contributed by atoms with Crippen molar-refractivity contribution < 1.29 is 36.2 Å². The highest BCUT2D eigenvalue weighted by Gasteiger charge is 2.39. The maximum Gasteiger partial charge on any atom is 0.281 e. The molecule has 1 aliphatic heterocycles. The van der Waals surface area contributed by atoms with Crippen molar-refractivity contribution in [1.82, 2.24) is 5.01 Å². The van der Waals surface area contributed by atoms with Crippen LogP contribution in [-0.4, -0.2) is 30.2 Å². The molecule has 1 amide bonds. The van der Waals surface area contributed by atoms with Crippen LogP contribution in [0.2, 0.25) is 0 Å². The number of para-hydroxylation sites is 1. The number of hydrogen-bond acceptors (Lipinski definition) is 5. The largest absolute Gasteiger partial charge is 0.493 e. The van der Waals surface area contributed by atoms with Crippen LogP contribution in [0, 0.1) is 29.1 Å². The average molecular weight is 494 g/mol. The van der Waals surface area contributed by atoms with E-state index in [9.17, 15) is 26.7 Å². The van der Waals surface area contributed by atoms with Crippen molar-refractivity contribution in [2.75, 3.05) is 14.2 Å². The first-order chi connectivity index (χ1) is 16.2. The normalized spacial score (nSPS) is 15.3. The number of carbonyl (C=O) groups is 1. The fourth-order valence-corrected chi connectivity index (χ4v) is 4.56. The first-order valence-electron chi connectivity index (χ1n) is 9.64. The molecule has 1 aliphatic rings. The summed E-state index contributed by atoms with van der Waals surface area (Å²) in [4.78, 5) is 13.2. The molecule has 0 bridgehead atoms. The number of carbonyl (C=O) groups excluding carboxylic acids is 1. The molecule has 3 aromatic carbocycles. The molecule has 3 aromatic rings. The number of amides is 1. The number of thioether (sulfide) groups is 1. The van der Waals surface area contributed by atoms with E-state index in [0.29, 0.717) is 23.4 Å². The Kier molecular flexibility index (Phi) is 6.47. The van der Waals surface area contributed by atoms with Gasteiger partial charge < -0.3 is 9.47 Å². The molecule has 0 radical (unpaired) electrons. The quantitative estimate of drug-likeness (QED) is 0.431. The van der Waals surface area contributed by atoms with Crippen LogP contribution >= 0.6 is 11.8 Å². The van der Waals surface area contributed by atoms with E-state index in [-0.39, 0.29) is 16.4 Å². The number of methoxy groups -OCH3 is 2. The Labute approximate surface area is 194 Å². The predicted octanol–water partition coefficient (Wildman–Crippen LogP) is 5.65. The molecule has 0 aliphatic carbocycles. The van der Waals surface area contributed by atoms with Gasteiger partial charge in [0, 0.05) is 23.3 Å². The van der Waals surface area contributed by atoms with Gasteiger partial charge in [0.2, 0.25) is 0 Å². The van der Waals surface area contributed by atoms with E-state index in [4.69, 9.17) is 9.47 Å². The second-order valence-electron chi connectivity index (χ2n) is 6.98. The second-order valence-corrected chi connectivity index (χ2v) is 8.05. The summed E-state index contributed by atoms with van der Waals surface area (Å²) in [5, 5.41) is 3.96. The molecule has 0 saturated carbocycles. The number of benzene rings is 3. The summed E-state index contributed by atoms with van der Waals surface area (Å²) in [6, 6.07) is 8.56. The molecule has 11 heteroatoms. The number of ether oxygens (including phenoxy) is 2. The van der Waals surface area contributed by atoms with Crippen LogP contribution < -0.4 is 9.47 Å². The van der Waals surface area contributed by atoms with E-state index in [1.807, 2.05) is 0 Å². The van der Waals surface area contributed by atoms with Crippen LogP contribution in [0.5, 0.6) is 11.5 Å². The van der Waals surface area contributed by atoms with Gasteiger partial charge in [0.05, 0.1) is 14.2 Å². The third-order valence-corrected chi connectivity index (χ3v) is 6.16. The van der Waals surface area contributed by atoms with Gasteiger partial charge >= 0.3 is 0 Å². The summed E-state index contributed by atoms with van der Waals surface area (Å²) < 4.78 is 80.2. The Morgan fingerprint density at radius 3 is 2.24 bits per heavy atom. The Bertz CT molecular complexity index is 1290. The van der Waals surface area contributed by atoms with E-state index >= 15 is 0 Å². The lowest BCUT2D eigenvalue weighted by Gasteiger charge is -2.24. The Morgan fingerprint density at radius 1 is 0.912 bits per heavy atom. The van der Waals surface area contributed by atoms with Crippen molar-refractivity contribution in [3.8, 4) is 11.5 Å². The molecule has 176 valence electrons. The predicted molar refractivity (Wildman–Crippen MR) is 115 cm³/mol. The lowest BCUT2D eigenvalue weighted by atomic mass is 10.1. The van der Waals surface area contributed by atoms with Crippen LogP contribution in [-0.2, 0) is 0 Å². The van der Waals surface area contributed by atoms with Gasteiger partial charge in [-0.25, -0.2) is 27.0 Å². The molecule has 0 N–H and O–H groups in total. The van der Waals surface area contributed by atoms with Crippen LogP contribution in [0.15, 0.2) is 53.6 Å². The number of halogens is 5. The molecule has 4 rings (SSSR count). The molecular weight excluding hydrogens is 479 g/mol. The zero-order valence-electron chi connectivity index (χ0n) is 17.6. The molecule has 0 spiro atoms. The SMILES string of the molecule is COc1cccc(C2SC(c3ccc(F)c(F)c3)=NN2C(=O)c2c(F)cc(F)cc2F)c1OC. The number of hydrazone groups is 1. The minimum absolute atomic E-state index is 0.0741. The first kappa shape index (κ1) is 23.6. The van der Waals surface area contributed by atoms with E-state index in [1.165, 1.54) is 20.3 Å². The minimum atomic E-state index is -1.42. The van der Waals surface area contributed by atoms with Crippen LogP contribution in [0.25, 0.3) is 0 Å². The molecule has 1 atom stereocenters. The van der Waals surface area contributed by atoms with Crippen molar-refractivity contribution in [3.05, 3.63) is 94.3 Å². The van der Waals surface area contributed by atoms with Gasteiger partial charge in [-0.05, 0) is 24.3 Å². The summed E-state index contributed by atoms with van der Waals surface area (Å²) in [6.07, 6.45) is 0. The monoisotopic (exact) mass is 494 g/mol. The van der Waals surface area contributed by atoms with Crippen molar-refractivity contribution in [2.45, 2.75) is 5.37 Å². The van der Waals surface area contributed by atoms with E-state index in [1.54, 1.807) is 18.2 Å². The molecule has 0 saturated heterocycles. The highest BCUT2D eigenvalue weighted by molar-refractivity contribution is 8.14. The van der Waals surface area contributed by atoms with Crippen molar-refractivity contribution in [3.63, 3.8) is 0 Å². The van der Waals surface area contributed by atoms with E-state index in [2.05, 4.69) is 5.10 Å². The zero-order valence-corrected chi connectivity index (χ0v) is 18.4. The molecular formula is C23H15F5N2O3S. The Balaban J connectivity index is 1.86. The van der Waals surface area contributed by atoms with Gasteiger partial charge in [-0.2, -0.15) is 5.10 Å². The zero-order chi connectivity index (χ0) is 24.6. The maximum absolute atomic E-state index is 14.4. The van der Waals surface area contributed by atoms with Crippen molar-refractivity contribution >= 4 is 22.7 Å². The summed E-state index contributed by atoms with van der Waals surface area (Å²) in [5.74, 6) is -6.93. The van der Waals surface area contributed by atoms with Crippen molar-refractivity contribution in [2.24, 2.45) is 5.10 Å². The van der Waals surface area contributed by atoms with E-state index in [0.717, 1.165) is 28.9 Å². The first-order valence-corrected chi connectivity index (χ1v) is 10.5. The number of hydrogen-bond donors (Lipinski definition) is 0. The number of rotatable bonds is 5. The van der Waals surface area contributed by atoms with Gasteiger partial charge in [0.1, 0.15) is 33.4 Å². The minimum Gasteiger partial charge on any atom is -0.493 e. The van der Waals surface area contributed by atoms with Gasteiger partial charge in [0.25, 0.3) is 5.91 Å². The number of nitrogens with zero attached hydrogens (tertiary/aromatic N) is 2. The Hall–Kier alpha value is -3.60. The van der Waals surface area contributed by atoms with Gasteiger partial charge in [0.15, 0.2) is 23.1 Å². The fourth-order valence-electron chi connectivity index (χ4n) is 3.40. The topological polar surface area (TPSA) is 51.1 Å². The third-order valence-electron chi connectivity index (χ3n) is 4.94. The third kappa shape index (κ3) is 4.18. The molecule has 0 aromatic heterocycles. The maximum atomic E-state index is 14.4. The van der Waals surface area contributed by atoms with Gasteiger partial charge in [-0.1, -0.05) is 23.9 Å². The standard InChI is InChI=1S/C23H15F5N2O3S/c1-32-18-5-3-4-13(20(18)33-2)23-30(22(31)19-16(27)9-12(24)10-17(19)28)29-21(34-23)11-6-7-14(25)15(26)8-11/h3-10,23H,1-2H3. The molecule has 5 nitrogen and oxygen atoms in total. The molecule has 1 unspecified atom stereocenters. The smallest absolute Gasteiger partial charge is 0.281 e. The lowest BCUT2D eigenvalue weighted by molar-refractivity contribution is 0.0737. The van der Waals surface area contributed by atoms with Gasteiger partial charge in [-0.3, -0.25) is 4.79 Å². The molecule has 1 heterocycles. The van der Waals surface area contributed by atoms with Crippen molar-refractivity contribution in [1.29, 1.82) is 0 Å².